The molecule has 1 saturated carbocycles. The molecule has 0 radical (unpaired) electrons. The van der Waals surface area contributed by atoms with Crippen LogP contribution in [0.3, 0.4) is 0 Å². The third kappa shape index (κ3) is 3.10. The third-order valence-electron chi connectivity index (χ3n) is 11.7. The van der Waals surface area contributed by atoms with Crippen molar-refractivity contribution in [1.29, 1.82) is 0 Å². The molecule has 0 bridgehead atoms. The molecule has 0 N–H and O–H groups in total. The lowest BCUT2D eigenvalue weighted by molar-refractivity contribution is -0.715. The molecule has 43 heavy (non-hydrogen) atoms. The largest absolute Gasteiger partial charge is 0.384 e. The number of aryl methyl sites for hydroxylation is 2. The van der Waals surface area contributed by atoms with Gasteiger partial charge in [0.15, 0.2) is 5.54 Å². The minimum atomic E-state index is -0.0627. The lowest BCUT2D eigenvalue weighted by atomic mass is 9.75. The van der Waals surface area contributed by atoms with Crippen molar-refractivity contribution in [2.24, 2.45) is 5.92 Å². The van der Waals surface area contributed by atoms with E-state index in [1.54, 1.807) is 5.56 Å². The first-order valence-electron chi connectivity index (χ1n) is 16.1. The smallest absolute Gasteiger partial charge is 0.214 e. The van der Waals surface area contributed by atoms with Crippen molar-refractivity contribution in [3.63, 3.8) is 0 Å². The summed E-state index contributed by atoms with van der Waals surface area (Å²) in [6.07, 6.45) is 2.17. The van der Waals surface area contributed by atoms with Gasteiger partial charge in [-0.25, -0.2) is 0 Å². The van der Waals surface area contributed by atoms with Gasteiger partial charge in [0.2, 0.25) is 11.2 Å². The standard InChI is InChI=1S/C41H42NO/c1-8-40-37(24-43-7)41(40,9-2)42-35(32-20-25(3)19-26(4)38(32)40)22-29(27-15-11-10-12-16-27)31-21-30-28-17-13-14-18-33(28)39(5,6)34(30)23-36(31)42/h10-23,37H,8-9,24H2,1-7H3/q+1. The summed E-state index contributed by atoms with van der Waals surface area (Å²) >= 11 is 0. The van der Waals surface area contributed by atoms with Crippen LogP contribution in [0.15, 0.2) is 84.9 Å². The summed E-state index contributed by atoms with van der Waals surface area (Å²) in [5, 5.41) is 1.34. The minimum absolute atomic E-state index is 0.0429. The normalized spacial score (nSPS) is 23.7. The van der Waals surface area contributed by atoms with Crippen LogP contribution in [0.25, 0.3) is 44.4 Å². The zero-order chi connectivity index (χ0) is 29.9. The predicted octanol–water partition coefficient (Wildman–Crippen LogP) is 9.43. The minimum Gasteiger partial charge on any atom is -0.384 e. The van der Waals surface area contributed by atoms with E-state index in [1.807, 2.05) is 7.11 Å². The second-order valence-electron chi connectivity index (χ2n) is 13.8. The van der Waals surface area contributed by atoms with Crippen molar-refractivity contribution in [2.75, 3.05) is 13.7 Å². The molecule has 2 nitrogen and oxygen atoms in total. The number of benzene rings is 4. The van der Waals surface area contributed by atoms with E-state index in [4.69, 9.17) is 4.74 Å². The van der Waals surface area contributed by atoms with Crippen molar-refractivity contribution in [3.8, 4) is 33.5 Å². The van der Waals surface area contributed by atoms with Gasteiger partial charge in [0.05, 0.1) is 28.9 Å². The lowest BCUT2D eigenvalue weighted by Gasteiger charge is -2.32. The van der Waals surface area contributed by atoms with Gasteiger partial charge in [-0.2, -0.15) is 4.57 Å². The quantitative estimate of drug-likeness (QED) is 0.194. The fourth-order valence-corrected chi connectivity index (χ4v) is 10.1. The molecule has 8 rings (SSSR count). The van der Waals surface area contributed by atoms with Gasteiger partial charge in [0.1, 0.15) is 0 Å². The summed E-state index contributed by atoms with van der Waals surface area (Å²) in [6, 6.07) is 32.5. The van der Waals surface area contributed by atoms with Gasteiger partial charge in [-0.3, -0.25) is 0 Å². The second kappa shape index (κ2) is 8.89. The maximum absolute atomic E-state index is 6.05. The molecule has 0 amide bonds. The summed E-state index contributed by atoms with van der Waals surface area (Å²) in [4.78, 5) is 0. The Morgan fingerprint density at radius 1 is 0.744 bits per heavy atom. The topological polar surface area (TPSA) is 13.1 Å². The molecule has 4 aromatic carbocycles. The van der Waals surface area contributed by atoms with Crippen molar-refractivity contribution in [3.05, 3.63) is 113 Å². The van der Waals surface area contributed by atoms with Gasteiger partial charge in [0.25, 0.3) is 0 Å². The predicted molar refractivity (Wildman–Crippen MR) is 178 cm³/mol. The van der Waals surface area contributed by atoms with E-state index < -0.39 is 0 Å². The molecule has 0 saturated heterocycles. The summed E-state index contributed by atoms with van der Waals surface area (Å²) in [5.74, 6) is 0.413. The van der Waals surface area contributed by atoms with E-state index in [9.17, 15) is 0 Å². The highest BCUT2D eigenvalue weighted by Crippen LogP contribution is 2.73. The Hall–Kier alpha value is -3.75. The first-order chi connectivity index (χ1) is 20.8. The van der Waals surface area contributed by atoms with Crippen molar-refractivity contribution < 1.29 is 9.30 Å². The van der Waals surface area contributed by atoms with Gasteiger partial charge in [-0.1, -0.05) is 93.9 Å². The molecule has 1 aliphatic heterocycles. The van der Waals surface area contributed by atoms with Crippen LogP contribution >= 0.6 is 0 Å². The molecule has 216 valence electrons. The Balaban J connectivity index is 1.58. The highest BCUT2D eigenvalue weighted by molar-refractivity contribution is 6.00. The van der Waals surface area contributed by atoms with Gasteiger partial charge in [-0.05, 0) is 71.3 Å². The Morgan fingerprint density at radius 2 is 1.49 bits per heavy atom. The average Bonchev–Trinajstić information content (AvgIpc) is 3.53. The first kappa shape index (κ1) is 26.8. The number of pyridine rings is 1. The number of hydrogen-bond donors (Lipinski definition) is 0. The van der Waals surface area contributed by atoms with Crippen molar-refractivity contribution >= 4 is 10.9 Å². The Morgan fingerprint density at radius 3 is 2.21 bits per heavy atom. The Labute approximate surface area is 256 Å². The molecule has 3 aliphatic rings. The fourth-order valence-electron chi connectivity index (χ4n) is 10.1. The average molecular weight is 565 g/mol. The number of ether oxygens (including phenoxy) is 1. The molecule has 1 aromatic heterocycles. The van der Waals surface area contributed by atoms with Crippen LogP contribution in [-0.2, 0) is 21.1 Å². The summed E-state index contributed by atoms with van der Waals surface area (Å²) in [5.41, 5.74) is 16.6. The number of nitrogens with zero attached hydrogens (tertiary/aromatic N) is 1. The zero-order valence-electron chi connectivity index (χ0n) is 26.6. The van der Waals surface area contributed by atoms with E-state index >= 15 is 0 Å². The van der Waals surface area contributed by atoms with E-state index in [2.05, 4.69) is 131 Å². The van der Waals surface area contributed by atoms with Crippen LogP contribution in [0.5, 0.6) is 0 Å². The van der Waals surface area contributed by atoms with Crippen molar-refractivity contribution in [1.82, 2.24) is 0 Å². The first-order valence-corrected chi connectivity index (χ1v) is 16.1. The number of methoxy groups -OCH3 is 1. The molecular weight excluding hydrogens is 522 g/mol. The van der Waals surface area contributed by atoms with Crippen LogP contribution in [0.1, 0.15) is 68.4 Å². The maximum atomic E-state index is 6.05. The molecule has 3 unspecified atom stereocenters. The molecule has 3 atom stereocenters. The monoisotopic (exact) mass is 564 g/mol. The van der Waals surface area contributed by atoms with Gasteiger partial charge >= 0.3 is 0 Å². The van der Waals surface area contributed by atoms with Gasteiger partial charge in [0, 0.05) is 36.6 Å². The summed E-state index contributed by atoms with van der Waals surface area (Å²) < 4.78 is 8.85. The third-order valence-corrected chi connectivity index (χ3v) is 11.7. The molecular formula is C41H42NO+. The molecule has 0 spiro atoms. The number of aromatic nitrogens is 1. The van der Waals surface area contributed by atoms with Crippen molar-refractivity contribution in [2.45, 2.75) is 70.8 Å². The number of hydrogen-bond acceptors (Lipinski definition) is 1. The van der Waals surface area contributed by atoms with Gasteiger partial charge in [-0.15, -0.1) is 0 Å². The molecule has 2 heteroatoms. The summed E-state index contributed by atoms with van der Waals surface area (Å²) in [6.45, 7) is 15.0. The highest BCUT2D eigenvalue weighted by Gasteiger charge is 2.85. The van der Waals surface area contributed by atoms with Crippen LogP contribution in [0.4, 0.5) is 0 Å². The molecule has 1 fully saturated rings. The SMILES string of the molecule is CCC12c3c(C)cc(C)cc3-c3cc(-c4ccccc4)c4cc5c(cc4[n+]3C1(CC)C2COC)C(C)(C)c1ccccc1-5. The number of rotatable bonds is 5. The maximum Gasteiger partial charge on any atom is 0.214 e. The van der Waals surface area contributed by atoms with Crippen LogP contribution < -0.4 is 4.57 Å². The van der Waals surface area contributed by atoms with Crippen LogP contribution in [-0.4, -0.2) is 13.7 Å². The molecule has 5 aromatic rings. The molecule has 2 heterocycles. The van der Waals surface area contributed by atoms with E-state index in [-0.39, 0.29) is 16.4 Å². The Kier molecular flexibility index (Phi) is 5.55. The number of fused-ring (bicyclic) bond motifs is 11. The van der Waals surface area contributed by atoms with E-state index in [1.165, 1.54) is 66.7 Å². The highest BCUT2D eigenvalue weighted by atomic mass is 16.5. The van der Waals surface area contributed by atoms with E-state index in [0.29, 0.717) is 5.92 Å². The fraction of sp³-hybridized carbons (Fsp3) is 0.341. The second-order valence-corrected chi connectivity index (χ2v) is 13.8. The van der Waals surface area contributed by atoms with Crippen LogP contribution in [0, 0.1) is 19.8 Å². The van der Waals surface area contributed by atoms with E-state index in [0.717, 1.165) is 19.4 Å². The Bertz CT molecular complexity index is 1970. The lowest BCUT2D eigenvalue weighted by Crippen LogP contribution is -2.56. The summed E-state index contributed by atoms with van der Waals surface area (Å²) in [7, 11) is 1.88. The molecule has 2 aliphatic carbocycles. The zero-order valence-corrected chi connectivity index (χ0v) is 26.6. The van der Waals surface area contributed by atoms with Gasteiger partial charge < -0.3 is 4.74 Å². The van der Waals surface area contributed by atoms with Crippen LogP contribution in [0.2, 0.25) is 0 Å².